The summed E-state index contributed by atoms with van der Waals surface area (Å²) in [5.41, 5.74) is 1.57. The normalized spacial score (nSPS) is 26.9. The van der Waals surface area contributed by atoms with Crippen molar-refractivity contribution < 1.29 is 0 Å². The van der Waals surface area contributed by atoms with E-state index in [2.05, 4.69) is 33.1 Å². The quantitative estimate of drug-likeness (QED) is 0.763. The second-order valence-electron chi connectivity index (χ2n) is 7.47. The monoisotopic (exact) mass is 327 g/mol. The van der Waals surface area contributed by atoms with Crippen molar-refractivity contribution in [3.05, 3.63) is 33.8 Å². The second kappa shape index (κ2) is 6.89. The lowest BCUT2D eigenvalue weighted by Crippen LogP contribution is -2.42. The van der Waals surface area contributed by atoms with Gasteiger partial charge in [0.1, 0.15) is 0 Å². The van der Waals surface area contributed by atoms with Crippen LogP contribution in [0, 0.1) is 17.3 Å². The zero-order valence-electron chi connectivity index (χ0n) is 13.5. The van der Waals surface area contributed by atoms with Gasteiger partial charge in [0.15, 0.2) is 0 Å². The zero-order valence-corrected chi connectivity index (χ0v) is 15.1. The molecule has 0 bridgehead atoms. The molecular formula is C18H27Cl2N. The van der Waals surface area contributed by atoms with Gasteiger partial charge in [-0.05, 0) is 73.7 Å². The molecule has 1 aliphatic carbocycles. The fourth-order valence-electron chi connectivity index (χ4n) is 3.64. The van der Waals surface area contributed by atoms with Crippen LogP contribution in [-0.4, -0.2) is 13.1 Å². The Kier molecular flexibility index (Phi) is 5.62. The maximum absolute atomic E-state index is 6.35. The molecule has 1 N–H and O–H groups in total. The van der Waals surface area contributed by atoms with Gasteiger partial charge in [-0.3, -0.25) is 0 Å². The first-order valence-corrected chi connectivity index (χ1v) is 8.68. The third kappa shape index (κ3) is 4.37. The molecule has 0 spiro atoms. The number of benzene rings is 1. The molecular weight excluding hydrogens is 301 g/mol. The van der Waals surface area contributed by atoms with E-state index in [4.69, 9.17) is 23.2 Å². The van der Waals surface area contributed by atoms with Gasteiger partial charge < -0.3 is 5.32 Å². The Balaban J connectivity index is 2.16. The molecule has 3 unspecified atom stereocenters. The minimum atomic E-state index is 0.384. The highest BCUT2D eigenvalue weighted by Gasteiger charge is 2.35. The molecule has 3 heteroatoms. The molecule has 1 fully saturated rings. The molecule has 1 aromatic rings. The third-order valence-corrected chi connectivity index (χ3v) is 5.67. The lowest BCUT2D eigenvalue weighted by Gasteiger charge is -2.42. The van der Waals surface area contributed by atoms with E-state index < -0.39 is 0 Å². The summed E-state index contributed by atoms with van der Waals surface area (Å²) < 4.78 is 0. The van der Waals surface area contributed by atoms with Crippen molar-refractivity contribution in [3.63, 3.8) is 0 Å². The van der Waals surface area contributed by atoms with E-state index >= 15 is 0 Å². The SMILES string of the molecule is CNC1CCC(C(C)(C)C)CC1Cc1cc(Cl)ccc1Cl. The van der Waals surface area contributed by atoms with E-state index in [0.29, 0.717) is 17.4 Å². The van der Waals surface area contributed by atoms with Crippen LogP contribution in [0.4, 0.5) is 0 Å². The summed E-state index contributed by atoms with van der Waals surface area (Å²) in [5, 5.41) is 5.12. The van der Waals surface area contributed by atoms with Crippen molar-refractivity contribution in [1.82, 2.24) is 5.32 Å². The molecule has 1 nitrogen and oxygen atoms in total. The first kappa shape index (κ1) is 17.1. The molecule has 0 saturated heterocycles. The maximum atomic E-state index is 6.35. The van der Waals surface area contributed by atoms with Gasteiger partial charge in [0.2, 0.25) is 0 Å². The van der Waals surface area contributed by atoms with Gasteiger partial charge in [0, 0.05) is 16.1 Å². The van der Waals surface area contributed by atoms with Crippen LogP contribution in [0.3, 0.4) is 0 Å². The van der Waals surface area contributed by atoms with Crippen molar-refractivity contribution in [1.29, 1.82) is 0 Å². The molecule has 1 saturated carbocycles. The fourth-order valence-corrected chi connectivity index (χ4v) is 4.03. The summed E-state index contributed by atoms with van der Waals surface area (Å²) in [6.45, 7) is 7.09. The summed E-state index contributed by atoms with van der Waals surface area (Å²) in [4.78, 5) is 0. The van der Waals surface area contributed by atoms with E-state index in [1.807, 2.05) is 18.2 Å². The average molecular weight is 328 g/mol. The van der Waals surface area contributed by atoms with Crippen LogP contribution in [0.2, 0.25) is 10.0 Å². The largest absolute Gasteiger partial charge is 0.317 e. The number of rotatable bonds is 3. The lowest BCUT2D eigenvalue weighted by molar-refractivity contribution is 0.117. The lowest BCUT2D eigenvalue weighted by atomic mass is 9.66. The van der Waals surface area contributed by atoms with E-state index in [0.717, 1.165) is 22.4 Å². The predicted molar refractivity (Wildman–Crippen MR) is 93.3 cm³/mol. The first-order valence-electron chi connectivity index (χ1n) is 7.92. The highest BCUT2D eigenvalue weighted by atomic mass is 35.5. The molecule has 0 radical (unpaired) electrons. The minimum absolute atomic E-state index is 0.384. The Bertz CT molecular complexity index is 479. The van der Waals surface area contributed by atoms with Gasteiger partial charge in [0.05, 0.1) is 0 Å². The van der Waals surface area contributed by atoms with Crippen molar-refractivity contribution in [3.8, 4) is 0 Å². The highest BCUT2D eigenvalue weighted by molar-refractivity contribution is 6.33. The Hall–Kier alpha value is -0.240. The average Bonchev–Trinajstić information content (AvgIpc) is 2.42. The number of hydrogen-bond donors (Lipinski definition) is 1. The third-order valence-electron chi connectivity index (χ3n) is 5.07. The number of hydrogen-bond acceptors (Lipinski definition) is 1. The van der Waals surface area contributed by atoms with Crippen LogP contribution in [-0.2, 0) is 6.42 Å². The van der Waals surface area contributed by atoms with E-state index in [9.17, 15) is 0 Å². The van der Waals surface area contributed by atoms with Crippen molar-refractivity contribution in [2.45, 2.75) is 52.5 Å². The Morgan fingerprint density at radius 1 is 1.19 bits per heavy atom. The van der Waals surface area contributed by atoms with Crippen LogP contribution < -0.4 is 5.32 Å². The van der Waals surface area contributed by atoms with Gasteiger partial charge in [-0.1, -0.05) is 44.0 Å². The molecule has 1 aromatic carbocycles. The Morgan fingerprint density at radius 3 is 2.52 bits per heavy atom. The van der Waals surface area contributed by atoms with Crippen molar-refractivity contribution >= 4 is 23.2 Å². The summed E-state index contributed by atoms with van der Waals surface area (Å²) in [7, 11) is 2.08. The molecule has 1 aliphatic rings. The van der Waals surface area contributed by atoms with Gasteiger partial charge in [-0.15, -0.1) is 0 Å². The molecule has 0 amide bonds. The molecule has 0 aromatic heterocycles. The first-order chi connectivity index (χ1) is 9.81. The van der Waals surface area contributed by atoms with E-state index in [-0.39, 0.29) is 0 Å². The topological polar surface area (TPSA) is 12.0 Å². The minimum Gasteiger partial charge on any atom is -0.317 e. The van der Waals surface area contributed by atoms with Crippen molar-refractivity contribution in [2.75, 3.05) is 7.05 Å². The van der Waals surface area contributed by atoms with E-state index in [1.165, 1.54) is 24.8 Å². The zero-order chi connectivity index (χ0) is 15.6. The van der Waals surface area contributed by atoms with Crippen LogP contribution in [0.25, 0.3) is 0 Å². The Morgan fingerprint density at radius 2 is 1.90 bits per heavy atom. The van der Waals surface area contributed by atoms with Gasteiger partial charge in [-0.2, -0.15) is 0 Å². The van der Waals surface area contributed by atoms with Gasteiger partial charge in [0.25, 0.3) is 0 Å². The maximum Gasteiger partial charge on any atom is 0.0439 e. The summed E-state index contributed by atoms with van der Waals surface area (Å²) >= 11 is 12.5. The number of nitrogens with one attached hydrogen (secondary N) is 1. The van der Waals surface area contributed by atoms with Crippen LogP contribution >= 0.6 is 23.2 Å². The predicted octanol–water partition coefficient (Wildman–Crippen LogP) is 5.59. The number of halogens is 2. The van der Waals surface area contributed by atoms with Crippen molar-refractivity contribution in [2.24, 2.45) is 17.3 Å². The van der Waals surface area contributed by atoms with Gasteiger partial charge in [-0.25, -0.2) is 0 Å². The smallest absolute Gasteiger partial charge is 0.0439 e. The molecule has 2 rings (SSSR count). The van der Waals surface area contributed by atoms with Crippen LogP contribution in [0.5, 0.6) is 0 Å². The molecule has 21 heavy (non-hydrogen) atoms. The molecule has 3 atom stereocenters. The van der Waals surface area contributed by atoms with Crippen LogP contribution in [0.15, 0.2) is 18.2 Å². The molecule has 118 valence electrons. The standard InChI is InChI=1S/C18H27Cl2N/c1-18(2,3)14-5-8-17(21-4)13(10-14)9-12-11-15(19)6-7-16(12)20/h6-7,11,13-14,17,21H,5,8-10H2,1-4H3. The summed E-state index contributed by atoms with van der Waals surface area (Å²) in [6, 6.07) is 6.38. The van der Waals surface area contributed by atoms with E-state index in [1.54, 1.807) is 0 Å². The van der Waals surface area contributed by atoms with Crippen LogP contribution in [0.1, 0.15) is 45.6 Å². The summed E-state index contributed by atoms with van der Waals surface area (Å²) in [6.07, 6.45) is 4.84. The summed E-state index contributed by atoms with van der Waals surface area (Å²) in [5.74, 6) is 1.41. The Labute approximate surface area is 139 Å². The highest BCUT2D eigenvalue weighted by Crippen LogP contribution is 2.41. The van der Waals surface area contributed by atoms with Gasteiger partial charge >= 0.3 is 0 Å². The fraction of sp³-hybridized carbons (Fsp3) is 0.667. The molecule has 0 aliphatic heterocycles. The molecule has 0 heterocycles. The second-order valence-corrected chi connectivity index (χ2v) is 8.31.